The van der Waals surface area contributed by atoms with Gasteiger partial charge in [0.1, 0.15) is 0 Å². The van der Waals surface area contributed by atoms with Gasteiger partial charge in [-0.25, -0.2) is 0 Å². The third kappa shape index (κ3) is 5.68. The Kier molecular flexibility index (Phi) is 7.02. The summed E-state index contributed by atoms with van der Waals surface area (Å²) in [6, 6.07) is 17.2. The number of nitrogens with one attached hydrogen (secondary N) is 2. The van der Waals surface area contributed by atoms with Crippen LogP contribution in [0.3, 0.4) is 0 Å². The molecule has 0 fully saturated rings. The minimum atomic E-state index is -0.112. The standard InChI is InChI=1S/C21H23N5O2S/c1-3-26-20(17-9-11-18(12-10-17)23-15(2)27)24-25-21(26)29-14-19(28)22-13-16-7-5-4-6-8-16/h4-12H,3,13-14H2,1-2H3,(H,22,28)(H,23,27). The average molecular weight is 410 g/mol. The lowest BCUT2D eigenvalue weighted by molar-refractivity contribution is -0.118. The minimum Gasteiger partial charge on any atom is -0.351 e. The van der Waals surface area contributed by atoms with Crippen LogP contribution >= 0.6 is 11.8 Å². The molecule has 1 aromatic heterocycles. The molecule has 8 heteroatoms. The van der Waals surface area contributed by atoms with Crippen LogP contribution in [0.15, 0.2) is 59.8 Å². The Bertz CT molecular complexity index is 970. The van der Waals surface area contributed by atoms with Crippen molar-refractivity contribution in [3.05, 3.63) is 60.2 Å². The molecule has 7 nitrogen and oxygen atoms in total. The molecule has 0 saturated carbocycles. The Morgan fingerprint density at radius 3 is 2.41 bits per heavy atom. The normalized spacial score (nSPS) is 10.6. The van der Waals surface area contributed by atoms with Crippen LogP contribution in [0, 0.1) is 0 Å². The number of thioether (sulfide) groups is 1. The van der Waals surface area contributed by atoms with E-state index in [1.165, 1.54) is 18.7 Å². The Labute approximate surface area is 173 Å². The minimum absolute atomic E-state index is 0.0503. The first-order valence-electron chi connectivity index (χ1n) is 9.31. The molecule has 0 atom stereocenters. The molecule has 0 spiro atoms. The van der Waals surface area contributed by atoms with Crippen molar-refractivity contribution < 1.29 is 9.59 Å². The number of benzene rings is 2. The van der Waals surface area contributed by atoms with E-state index in [4.69, 9.17) is 0 Å². The SMILES string of the molecule is CCn1c(SCC(=O)NCc2ccccc2)nnc1-c1ccc(NC(C)=O)cc1. The summed E-state index contributed by atoms with van der Waals surface area (Å²) in [6.45, 7) is 4.68. The summed E-state index contributed by atoms with van der Waals surface area (Å²) in [5.41, 5.74) is 2.69. The molecule has 3 rings (SSSR count). The van der Waals surface area contributed by atoms with Gasteiger partial charge in [-0.3, -0.25) is 9.59 Å². The molecular weight excluding hydrogens is 386 g/mol. The van der Waals surface area contributed by atoms with Crippen molar-refractivity contribution in [1.82, 2.24) is 20.1 Å². The van der Waals surface area contributed by atoms with Crippen LogP contribution in [0.4, 0.5) is 5.69 Å². The molecule has 150 valence electrons. The van der Waals surface area contributed by atoms with Gasteiger partial charge in [-0.05, 0) is 36.8 Å². The van der Waals surface area contributed by atoms with Crippen LogP contribution in [0.25, 0.3) is 11.4 Å². The Morgan fingerprint density at radius 2 is 1.76 bits per heavy atom. The molecule has 0 aliphatic heterocycles. The summed E-state index contributed by atoms with van der Waals surface area (Å²) in [6.07, 6.45) is 0. The van der Waals surface area contributed by atoms with E-state index in [1.54, 1.807) is 0 Å². The summed E-state index contributed by atoms with van der Waals surface area (Å²) in [5.74, 6) is 0.838. The van der Waals surface area contributed by atoms with Crippen LogP contribution in [-0.4, -0.2) is 32.3 Å². The van der Waals surface area contributed by atoms with Gasteiger partial charge in [-0.2, -0.15) is 0 Å². The fourth-order valence-electron chi connectivity index (χ4n) is 2.78. The lowest BCUT2D eigenvalue weighted by atomic mass is 10.2. The van der Waals surface area contributed by atoms with Crippen LogP contribution in [0.5, 0.6) is 0 Å². The van der Waals surface area contributed by atoms with Gasteiger partial charge < -0.3 is 15.2 Å². The average Bonchev–Trinajstić information content (AvgIpc) is 3.14. The van der Waals surface area contributed by atoms with Gasteiger partial charge in [-0.1, -0.05) is 42.1 Å². The highest BCUT2D eigenvalue weighted by Gasteiger charge is 2.14. The Morgan fingerprint density at radius 1 is 1.03 bits per heavy atom. The molecule has 1 heterocycles. The lowest BCUT2D eigenvalue weighted by Gasteiger charge is -2.09. The molecule has 0 aliphatic rings. The maximum Gasteiger partial charge on any atom is 0.230 e. The van der Waals surface area contributed by atoms with Crippen molar-refractivity contribution >= 4 is 29.3 Å². The van der Waals surface area contributed by atoms with E-state index in [2.05, 4.69) is 20.8 Å². The number of amides is 2. The van der Waals surface area contributed by atoms with E-state index in [9.17, 15) is 9.59 Å². The second-order valence-electron chi connectivity index (χ2n) is 6.36. The number of hydrogen-bond acceptors (Lipinski definition) is 5. The lowest BCUT2D eigenvalue weighted by Crippen LogP contribution is -2.24. The number of carbonyl (C=O) groups excluding carboxylic acids is 2. The molecule has 2 aromatic carbocycles. The zero-order valence-corrected chi connectivity index (χ0v) is 17.2. The van der Waals surface area contributed by atoms with Crippen molar-refractivity contribution in [2.45, 2.75) is 32.1 Å². The molecule has 0 aliphatic carbocycles. The van der Waals surface area contributed by atoms with E-state index in [0.29, 0.717) is 18.2 Å². The van der Waals surface area contributed by atoms with Crippen molar-refractivity contribution in [1.29, 1.82) is 0 Å². The van der Waals surface area contributed by atoms with Gasteiger partial charge in [0, 0.05) is 31.3 Å². The second-order valence-corrected chi connectivity index (χ2v) is 7.30. The first-order chi connectivity index (χ1) is 14.1. The smallest absolute Gasteiger partial charge is 0.230 e. The number of rotatable bonds is 8. The van der Waals surface area contributed by atoms with E-state index in [0.717, 1.165) is 22.6 Å². The number of carbonyl (C=O) groups is 2. The topological polar surface area (TPSA) is 88.9 Å². The van der Waals surface area contributed by atoms with E-state index in [1.807, 2.05) is 66.1 Å². The van der Waals surface area contributed by atoms with Gasteiger partial charge in [0.25, 0.3) is 0 Å². The largest absolute Gasteiger partial charge is 0.351 e. The number of hydrogen-bond donors (Lipinski definition) is 2. The highest BCUT2D eigenvalue weighted by Crippen LogP contribution is 2.25. The maximum atomic E-state index is 12.2. The molecule has 2 N–H and O–H groups in total. The van der Waals surface area contributed by atoms with Crippen molar-refractivity contribution in [2.24, 2.45) is 0 Å². The molecule has 0 bridgehead atoms. The zero-order valence-electron chi connectivity index (χ0n) is 16.4. The van der Waals surface area contributed by atoms with E-state index >= 15 is 0 Å². The summed E-state index contributed by atoms with van der Waals surface area (Å²) in [5, 5.41) is 14.9. The number of nitrogens with zero attached hydrogens (tertiary/aromatic N) is 3. The molecule has 2 amide bonds. The summed E-state index contributed by atoms with van der Waals surface area (Å²) in [7, 11) is 0. The van der Waals surface area contributed by atoms with Crippen molar-refractivity contribution in [3.8, 4) is 11.4 Å². The molecule has 0 unspecified atom stereocenters. The summed E-state index contributed by atoms with van der Waals surface area (Å²) < 4.78 is 1.97. The Hall–Kier alpha value is -3.13. The second kappa shape index (κ2) is 9.88. The fourth-order valence-corrected chi connectivity index (χ4v) is 3.61. The van der Waals surface area contributed by atoms with Gasteiger partial charge in [-0.15, -0.1) is 10.2 Å². The van der Waals surface area contributed by atoms with Gasteiger partial charge >= 0.3 is 0 Å². The van der Waals surface area contributed by atoms with E-state index in [-0.39, 0.29) is 17.6 Å². The Balaban J connectivity index is 1.61. The van der Waals surface area contributed by atoms with Gasteiger partial charge in [0.15, 0.2) is 11.0 Å². The number of anilines is 1. The first kappa shape index (κ1) is 20.6. The van der Waals surface area contributed by atoms with Gasteiger partial charge in [0.2, 0.25) is 11.8 Å². The molecule has 0 saturated heterocycles. The third-order valence-electron chi connectivity index (χ3n) is 4.16. The first-order valence-corrected chi connectivity index (χ1v) is 10.3. The molecular formula is C21H23N5O2S. The van der Waals surface area contributed by atoms with Crippen LogP contribution in [0.1, 0.15) is 19.4 Å². The third-order valence-corrected chi connectivity index (χ3v) is 5.13. The zero-order chi connectivity index (χ0) is 20.6. The van der Waals surface area contributed by atoms with Crippen LogP contribution in [0.2, 0.25) is 0 Å². The summed E-state index contributed by atoms with van der Waals surface area (Å²) >= 11 is 1.36. The highest BCUT2D eigenvalue weighted by atomic mass is 32.2. The van der Waals surface area contributed by atoms with Gasteiger partial charge in [0.05, 0.1) is 5.75 Å². The van der Waals surface area contributed by atoms with Crippen molar-refractivity contribution in [3.63, 3.8) is 0 Å². The van der Waals surface area contributed by atoms with Crippen molar-refractivity contribution in [2.75, 3.05) is 11.1 Å². The molecule has 0 radical (unpaired) electrons. The van der Waals surface area contributed by atoms with Crippen LogP contribution < -0.4 is 10.6 Å². The molecule has 29 heavy (non-hydrogen) atoms. The highest BCUT2D eigenvalue weighted by molar-refractivity contribution is 7.99. The monoisotopic (exact) mass is 409 g/mol. The van der Waals surface area contributed by atoms with Crippen LogP contribution in [-0.2, 0) is 22.7 Å². The predicted octanol–water partition coefficient (Wildman–Crippen LogP) is 3.33. The number of aromatic nitrogens is 3. The fraction of sp³-hybridized carbons (Fsp3) is 0.238. The van der Waals surface area contributed by atoms with E-state index < -0.39 is 0 Å². The quantitative estimate of drug-likeness (QED) is 0.557. The maximum absolute atomic E-state index is 12.2. The molecule has 3 aromatic rings. The summed E-state index contributed by atoms with van der Waals surface area (Å²) in [4.78, 5) is 23.3. The predicted molar refractivity (Wildman–Crippen MR) is 114 cm³/mol.